The third kappa shape index (κ3) is 5.92. The van der Waals surface area contributed by atoms with Crippen molar-refractivity contribution in [2.75, 3.05) is 17.6 Å². The molecule has 1 saturated heterocycles. The molecule has 1 aliphatic rings. The fourth-order valence-corrected chi connectivity index (χ4v) is 4.04. The topological polar surface area (TPSA) is 84.7 Å². The molecule has 0 saturated carbocycles. The van der Waals surface area contributed by atoms with Crippen LogP contribution in [0.15, 0.2) is 72.8 Å². The zero-order valence-corrected chi connectivity index (χ0v) is 18.7. The summed E-state index contributed by atoms with van der Waals surface area (Å²) in [6.45, 7) is 0.502. The molecule has 0 spiro atoms. The first-order valence-corrected chi connectivity index (χ1v) is 11.1. The molecule has 3 aromatic carbocycles. The quantitative estimate of drug-likeness (QED) is 0.457. The molecule has 4 rings (SSSR count). The van der Waals surface area contributed by atoms with Gasteiger partial charge in [0.05, 0.1) is 5.56 Å². The lowest BCUT2D eigenvalue weighted by atomic mass is 10.0. The molecule has 1 fully saturated rings. The molecule has 9 heteroatoms. The van der Waals surface area contributed by atoms with E-state index < -0.39 is 23.9 Å². The number of halogens is 3. The maximum Gasteiger partial charge on any atom is 0.416 e. The van der Waals surface area contributed by atoms with Gasteiger partial charge in [-0.1, -0.05) is 42.5 Å². The zero-order chi connectivity index (χ0) is 25.0. The third-order valence-electron chi connectivity index (χ3n) is 5.74. The second-order valence-corrected chi connectivity index (χ2v) is 8.30. The van der Waals surface area contributed by atoms with Crippen molar-refractivity contribution in [1.82, 2.24) is 4.90 Å². The normalized spacial score (nSPS) is 15.6. The standard InChI is InChI=1S/C26H24F3N3O3/c27-26(28,29)20-12-19(13-21(30)15-20)18-8-4-9-22(14-18)31-24(33)23-10-5-11-32(23)25(34)35-16-17-6-2-1-3-7-17/h1-4,6-9,12-15,23H,5,10-11,16,30H2,(H,31,33)/t23-/m0/s1. The summed E-state index contributed by atoms with van der Waals surface area (Å²) in [5.74, 6) is -0.389. The molecule has 1 heterocycles. The number of nitrogens with zero attached hydrogens (tertiary/aromatic N) is 1. The number of nitrogen functional groups attached to an aromatic ring is 1. The van der Waals surface area contributed by atoms with Crippen molar-refractivity contribution in [1.29, 1.82) is 0 Å². The summed E-state index contributed by atoms with van der Waals surface area (Å²) in [5.41, 5.74) is 6.80. The number of amides is 2. The van der Waals surface area contributed by atoms with Crippen LogP contribution in [0.25, 0.3) is 11.1 Å². The molecule has 1 aliphatic heterocycles. The first-order chi connectivity index (χ1) is 16.7. The van der Waals surface area contributed by atoms with Crippen LogP contribution in [-0.4, -0.2) is 29.5 Å². The average Bonchev–Trinajstić information content (AvgIpc) is 3.33. The SMILES string of the molecule is Nc1cc(-c2cccc(NC(=O)[C@@H]3CCCN3C(=O)OCc3ccccc3)c2)cc(C(F)(F)F)c1. The van der Waals surface area contributed by atoms with E-state index in [1.165, 1.54) is 11.0 Å². The molecule has 0 radical (unpaired) electrons. The summed E-state index contributed by atoms with van der Waals surface area (Å²) < 4.78 is 44.9. The summed E-state index contributed by atoms with van der Waals surface area (Å²) in [6, 6.07) is 18.3. The van der Waals surface area contributed by atoms with Crippen LogP contribution >= 0.6 is 0 Å². The summed E-state index contributed by atoms with van der Waals surface area (Å²) in [6.07, 6.45) is -3.96. The smallest absolute Gasteiger partial charge is 0.416 e. The molecule has 3 aromatic rings. The lowest BCUT2D eigenvalue weighted by molar-refractivity contribution is -0.137. The minimum absolute atomic E-state index is 0.0140. The molecule has 35 heavy (non-hydrogen) atoms. The van der Waals surface area contributed by atoms with Crippen LogP contribution in [0, 0.1) is 0 Å². The van der Waals surface area contributed by atoms with Crippen molar-refractivity contribution in [2.24, 2.45) is 0 Å². The van der Waals surface area contributed by atoms with Gasteiger partial charge < -0.3 is 15.8 Å². The predicted molar refractivity (Wildman–Crippen MR) is 126 cm³/mol. The molecule has 1 atom stereocenters. The van der Waals surface area contributed by atoms with Crippen molar-refractivity contribution >= 4 is 23.4 Å². The van der Waals surface area contributed by atoms with Crippen molar-refractivity contribution in [3.63, 3.8) is 0 Å². The molecular formula is C26H24F3N3O3. The Kier molecular flexibility index (Phi) is 6.95. The Morgan fingerprint density at radius 3 is 2.51 bits per heavy atom. The van der Waals surface area contributed by atoms with E-state index in [9.17, 15) is 22.8 Å². The number of alkyl halides is 3. The second kappa shape index (κ2) is 10.1. The minimum Gasteiger partial charge on any atom is -0.445 e. The Morgan fingerprint density at radius 2 is 1.77 bits per heavy atom. The largest absolute Gasteiger partial charge is 0.445 e. The van der Waals surface area contributed by atoms with Crippen LogP contribution in [0.1, 0.15) is 24.0 Å². The van der Waals surface area contributed by atoms with Gasteiger partial charge in [0, 0.05) is 17.9 Å². The van der Waals surface area contributed by atoms with Gasteiger partial charge in [-0.15, -0.1) is 0 Å². The number of ether oxygens (including phenoxy) is 1. The fraction of sp³-hybridized carbons (Fsp3) is 0.231. The van der Waals surface area contributed by atoms with Crippen molar-refractivity contribution in [3.8, 4) is 11.1 Å². The molecular weight excluding hydrogens is 459 g/mol. The van der Waals surface area contributed by atoms with Crippen LogP contribution in [0.4, 0.5) is 29.3 Å². The Balaban J connectivity index is 1.45. The van der Waals surface area contributed by atoms with Crippen LogP contribution in [-0.2, 0) is 22.3 Å². The summed E-state index contributed by atoms with van der Waals surface area (Å²) in [7, 11) is 0. The molecule has 0 unspecified atom stereocenters. The van der Waals surface area contributed by atoms with Gasteiger partial charge in [0.1, 0.15) is 12.6 Å². The molecule has 0 aromatic heterocycles. The van der Waals surface area contributed by atoms with Crippen molar-refractivity contribution in [2.45, 2.75) is 31.7 Å². The van der Waals surface area contributed by atoms with Gasteiger partial charge >= 0.3 is 12.3 Å². The minimum atomic E-state index is -4.53. The number of carbonyl (C=O) groups excluding carboxylic acids is 2. The lowest BCUT2D eigenvalue weighted by Gasteiger charge is -2.23. The van der Waals surface area contributed by atoms with E-state index in [0.717, 1.165) is 17.7 Å². The highest BCUT2D eigenvalue weighted by Gasteiger charge is 2.35. The van der Waals surface area contributed by atoms with Crippen molar-refractivity contribution < 1.29 is 27.5 Å². The van der Waals surface area contributed by atoms with Crippen LogP contribution in [0.3, 0.4) is 0 Å². The van der Waals surface area contributed by atoms with E-state index in [4.69, 9.17) is 10.5 Å². The molecule has 182 valence electrons. The number of anilines is 2. The molecule has 6 nitrogen and oxygen atoms in total. The number of nitrogens with one attached hydrogen (secondary N) is 1. The van der Waals surface area contributed by atoms with E-state index in [1.54, 1.807) is 24.3 Å². The Hall–Kier alpha value is -4.01. The number of hydrogen-bond donors (Lipinski definition) is 2. The maximum atomic E-state index is 13.2. The maximum absolute atomic E-state index is 13.2. The highest BCUT2D eigenvalue weighted by Crippen LogP contribution is 2.34. The lowest BCUT2D eigenvalue weighted by Crippen LogP contribution is -2.43. The highest BCUT2D eigenvalue weighted by atomic mass is 19.4. The van der Waals surface area contributed by atoms with Gasteiger partial charge in [-0.3, -0.25) is 9.69 Å². The van der Waals surface area contributed by atoms with E-state index in [-0.39, 0.29) is 23.8 Å². The van der Waals surface area contributed by atoms with E-state index in [1.807, 2.05) is 30.3 Å². The van der Waals surface area contributed by atoms with Gasteiger partial charge in [0.2, 0.25) is 5.91 Å². The number of likely N-dealkylation sites (tertiary alicyclic amines) is 1. The average molecular weight is 483 g/mol. The number of nitrogens with two attached hydrogens (primary N) is 1. The zero-order valence-electron chi connectivity index (χ0n) is 18.7. The van der Waals surface area contributed by atoms with Crippen LogP contribution in [0.2, 0.25) is 0 Å². The molecule has 0 aliphatic carbocycles. The summed E-state index contributed by atoms with van der Waals surface area (Å²) in [5, 5.41) is 2.77. The monoisotopic (exact) mass is 483 g/mol. The first kappa shape index (κ1) is 24.1. The highest BCUT2D eigenvalue weighted by molar-refractivity contribution is 5.97. The van der Waals surface area contributed by atoms with E-state index in [2.05, 4.69) is 5.32 Å². The Bertz CT molecular complexity index is 1220. The first-order valence-electron chi connectivity index (χ1n) is 11.1. The molecule has 0 bridgehead atoms. The van der Waals surface area contributed by atoms with Crippen LogP contribution in [0.5, 0.6) is 0 Å². The van der Waals surface area contributed by atoms with E-state index in [0.29, 0.717) is 30.6 Å². The molecule has 3 N–H and O–H groups in total. The van der Waals surface area contributed by atoms with Gasteiger partial charge in [-0.05, 0) is 59.9 Å². The Labute approximate surface area is 200 Å². The molecule has 2 amide bonds. The fourth-order valence-electron chi connectivity index (χ4n) is 4.04. The van der Waals surface area contributed by atoms with Crippen LogP contribution < -0.4 is 11.1 Å². The van der Waals surface area contributed by atoms with Gasteiger partial charge in [-0.25, -0.2) is 4.79 Å². The summed E-state index contributed by atoms with van der Waals surface area (Å²) in [4.78, 5) is 27.0. The van der Waals surface area contributed by atoms with Gasteiger partial charge in [0.15, 0.2) is 0 Å². The number of carbonyl (C=O) groups is 2. The van der Waals surface area contributed by atoms with Gasteiger partial charge in [-0.2, -0.15) is 13.2 Å². The van der Waals surface area contributed by atoms with Crippen molar-refractivity contribution in [3.05, 3.63) is 83.9 Å². The number of hydrogen-bond acceptors (Lipinski definition) is 4. The summed E-state index contributed by atoms with van der Waals surface area (Å²) >= 11 is 0. The number of rotatable bonds is 5. The van der Waals surface area contributed by atoms with E-state index >= 15 is 0 Å². The number of benzene rings is 3. The van der Waals surface area contributed by atoms with Gasteiger partial charge in [0.25, 0.3) is 0 Å². The third-order valence-corrected chi connectivity index (χ3v) is 5.74. The predicted octanol–water partition coefficient (Wildman–Crippen LogP) is 5.69. The Morgan fingerprint density at radius 1 is 1.00 bits per heavy atom. The second-order valence-electron chi connectivity index (χ2n) is 8.30.